The summed E-state index contributed by atoms with van der Waals surface area (Å²) in [5, 5.41) is 5.99. The lowest BCUT2D eigenvalue weighted by Gasteiger charge is -2.53. The molecule has 2 bridgehead atoms. The van der Waals surface area contributed by atoms with Crippen LogP contribution in [0.3, 0.4) is 0 Å². The van der Waals surface area contributed by atoms with E-state index in [1.54, 1.807) is 12.1 Å². The predicted molar refractivity (Wildman–Crippen MR) is 102 cm³/mol. The molecule has 0 radical (unpaired) electrons. The van der Waals surface area contributed by atoms with Crippen LogP contribution in [0, 0.1) is 5.82 Å². The minimum absolute atomic E-state index is 0.175. The lowest BCUT2D eigenvalue weighted by Crippen LogP contribution is -2.60. The van der Waals surface area contributed by atoms with Crippen LogP contribution in [0.1, 0.15) is 64.2 Å². The highest BCUT2D eigenvalue weighted by atomic mass is 19.1. The summed E-state index contributed by atoms with van der Waals surface area (Å²) in [4.78, 5) is 15.2. The fourth-order valence-electron chi connectivity index (χ4n) is 5.40. The average molecular weight is 359 g/mol. The molecule has 2 heterocycles. The molecule has 4 nitrogen and oxygen atoms in total. The van der Waals surface area contributed by atoms with Crippen LogP contribution in [0.4, 0.5) is 14.9 Å². The molecule has 2 aliphatic heterocycles. The van der Waals surface area contributed by atoms with Gasteiger partial charge < -0.3 is 10.6 Å². The number of fused-ring (bicyclic) bond motifs is 2. The van der Waals surface area contributed by atoms with Gasteiger partial charge in [0.15, 0.2) is 0 Å². The Balaban J connectivity index is 1.34. The van der Waals surface area contributed by atoms with Crippen LogP contribution >= 0.6 is 0 Å². The van der Waals surface area contributed by atoms with Gasteiger partial charge in [-0.3, -0.25) is 4.90 Å². The highest BCUT2D eigenvalue weighted by molar-refractivity contribution is 5.89. The number of halogens is 1. The van der Waals surface area contributed by atoms with Crippen molar-refractivity contribution in [2.45, 2.75) is 88.4 Å². The molecule has 2 amide bonds. The molecule has 0 spiro atoms. The molecule has 4 rings (SSSR count). The third-order valence-corrected chi connectivity index (χ3v) is 6.46. The van der Waals surface area contributed by atoms with Gasteiger partial charge in [-0.05, 0) is 62.8 Å². The van der Waals surface area contributed by atoms with Crippen molar-refractivity contribution >= 4 is 11.7 Å². The number of nitrogens with zero attached hydrogens (tertiary/aromatic N) is 1. The van der Waals surface area contributed by atoms with E-state index in [0.29, 0.717) is 17.8 Å². The van der Waals surface area contributed by atoms with E-state index in [4.69, 9.17) is 0 Å². The molecule has 1 aromatic rings. The van der Waals surface area contributed by atoms with Crippen LogP contribution < -0.4 is 10.6 Å². The molecule has 1 saturated carbocycles. The molecule has 0 aromatic heterocycles. The number of benzene rings is 1. The summed E-state index contributed by atoms with van der Waals surface area (Å²) in [5.74, 6) is -0.293. The highest BCUT2D eigenvalue weighted by Gasteiger charge is 2.41. The maximum absolute atomic E-state index is 13.0. The summed E-state index contributed by atoms with van der Waals surface area (Å²) in [5.41, 5.74) is 0.628. The van der Waals surface area contributed by atoms with E-state index in [-0.39, 0.29) is 17.9 Å². The van der Waals surface area contributed by atoms with Gasteiger partial charge in [-0.15, -0.1) is 0 Å². The fourth-order valence-corrected chi connectivity index (χ4v) is 5.40. The van der Waals surface area contributed by atoms with E-state index >= 15 is 0 Å². The highest BCUT2D eigenvalue weighted by Crippen LogP contribution is 2.39. The molecular formula is C21H30FN3O. The third-order valence-electron chi connectivity index (χ3n) is 6.46. The maximum Gasteiger partial charge on any atom is 0.319 e. The van der Waals surface area contributed by atoms with Crippen molar-refractivity contribution in [2.75, 3.05) is 5.32 Å². The Labute approximate surface area is 155 Å². The van der Waals surface area contributed by atoms with Crippen LogP contribution in [-0.2, 0) is 0 Å². The van der Waals surface area contributed by atoms with E-state index in [2.05, 4.69) is 15.5 Å². The number of amides is 2. The minimum atomic E-state index is -0.293. The summed E-state index contributed by atoms with van der Waals surface area (Å²) in [7, 11) is 0. The van der Waals surface area contributed by atoms with E-state index in [1.807, 2.05) is 0 Å². The standard InChI is InChI=1S/C21H30FN3O/c22-15-9-11-16(12-10-15)23-21(26)24-17-13-19-7-4-8-20(14-17)25(19)18-5-2-1-3-6-18/h9-12,17-20H,1-8,13-14H2,(H2,23,24,26)/t17?,19-,20+. The van der Waals surface area contributed by atoms with Gasteiger partial charge in [0, 0.05) is 29.9 Å². The molecule has 3 fully saturated rings. The normalized spacial score (nSPS) is 30.0. The van der Waals surface area contributed by atoms with Gasteiger partial charge in [-0.1, -0.05) is 25.7 Å². The Bertz CT molecular complexity index is 600. The van der Waals surface area contributed by atoms with Gasteiger partial charge in [0.25, 0.3) is 0 Å². The third kappa shape index (κ3) is 4.03. The van der Waals surface area contributed by atoms with Gasteiger partial charge in [-0.25, -0.2) is 9.18 Å². The molecule has 142 valence electrons. The number of carbonyl (C=O) groups is 1. The van der Waals surface area contributed by atoms with Crippen molar-refractivity contribution in [3.63, 3.8) is 0 Å². The topological polar surface area (TPSA) is 44.4 Å². The first-order valence-electron chi connectivity index (χ1n) is 10.3. The van der Waals surface area contributed by atoms with Gasteiger partial charge in [0.05, 0.1) is 0 Å². The number of anilines is 1. The van der Waals surface area contributed by atoms with E-state index in [0.717, 1.165) is 18.9 Å². The Hall–Kier alpha value is -1.62. The van der Waals surface area contributed by atoms with E-state index in [9.17, 15) is 9.18 Å². The molecule has 1 unspecified atom stereocenters. The number of hydrogen-bond acceptors (Lipinski definition) is 2. The van der Waals surface area contributed by atoms with Crippen molar-refractivity contribution in [1.82, 2.24) is 10.2 Å². The quantitative estimate of drug-likeness (QED) is 0.824. The molecule has 26 heavy (non-hydrogen) atoms. The lowest BCUT2D eigenvalue weighted by atomic mass is 9.78. The van der Waals surface area contributed by atoms with Crippen LogP contribution in [0.25, 0.3) is 0 Å². The molecule has 5 heteroatoms. The number of carbonyl (C=O) groups excluding carboxylic acids is 1. The zero-order valence-corrected chi connectivity index (χ0v) is 15.4. The number of urea groups is 1. The summed E-state index contributed by atoms with van der Waals surface area (Å²) in [6, 6.07) is 8.00. The summed E-state index contributed by atoms with van der Waals surface area (Å²) in [6.45, 7) is 0. The number of rotatable bonds is 3. The molecule has 3 atom stereocenters. The molecule has 2 saturated heterocycles. The Morgan fingerprint density at radius 3 is 2.15 bits per heavy atom. The van der Waals surface area contributed by atoms with Gasteiger partial charge in [0.2, 0.25) is 0 Å². The molecule has 2 N–H and O–H groups in total. The van der Waals surface area contributed by atoms with Crippen molar-refractivity contribution in [3.8, 4) is 0 Å². The Morgan fingerprint density at radius 2 is 1.50 bits per heavy atom. The first-order valence-corrected chi connectivity index (χ1v) is 10.3. The molecule has 1 aliphatic carbocycles. The largest absolute Gasteiger partial charge is 0.335 e. The van der Waals surface area contributed by atoms with Crippen molar-refractivity contribution in [2.24, 2.45) is 0 Å². The van der Waals surface area contributed by atoms with E-state index in [1.165, 1.54) is 63.5 Å². The zero-order valence-electron chi connectivity index (χ0n) is 15.4. The van der Waals surface area contributed by atoms with Crippen molar-refractivity contribution in [1.29, 1.82) is 0 Å². The minimum Gasteiger partial charge on any atom is -0.335 e. The van der Waals surface area contributed by atoms with Gasteiger partial charge in [0.1, 0.15) is 5.82 Å². The second-order valence-electron chi connectivity index (χ2n) is 8.25. The Kier molecular flexibility index (Phi) is 5.44. The fraction of sp³-hybridized carbons (Fsp3) is 0.667. The van der Waals surface area contributed by atoms with Crippen LogP contribution in [0.2, 0.25) is 0 Å². The SMILES string of the molecule is O=C(Nc1ccc(F)cc1)NC1C[C@H]2CCC[C@@H](C1)N2C1CCCCC1. The zero-order chi connectivity index (χ0) is 17.9. The van der Waals surface area contributed by atoms with Crippen molar-refractivity contribution < 1.29 is 9.18 Å². The average Bonchev–Trinajstić information content (AvgIpc) is 2.63. The lowest BCUT2D eigenvalue weighted by molar-refractivity contribution is -0.0202. The molecule has 1 aromatic carbocycles. The first kappa shape index (κ1) is 17.8. The maximum atomic E-state index is 13.0. The predicted octanol–water partition coefficient (Wildman–Crippen LogP) is 4.67. The van der Waals surface area contributed by atoms with Crippen LogP contribution in [0.15, 0.2) is 24.3 Å². The monoisotopic (exact) mass is 359 g/mol. The summed E-state index contributed by atoms with van der Waals surface area (Å²) in [6.07, 6.45) is 12.8. The smallest absolute Gasteiger partial charge is 0.319 e. The second-order valence-corrected chi connectivity index (χ2v) is 8.25. The number of piperidine rings is 2. The van der Waals surface area contributed by atoms with Crippen LogP contribution in [-0.4, -0.2) is 35.1 Å². The number of nitrogens with one attached hydrogen (secondary N) is 2. The Morgan fingerprint density at radius 1 is 0.885 bits per heavy atom. The van der Waals surface area contributed by atoms with Crippen molar-refractivity contribution in [3.05, 3.63) is 30.1 Å². The summed E-state index contributed by atoms with van der Waals surface area (Å²) >= 11 is 0. The molecule has 3 aliphatic rings. The van der Waals surface area contributed by atoms with E-state index < -0.39 is 0 Å². The second kappa shape index (κ2) is 7.95. The molecular weight excluding hydrogens is 329 g/mol. The van der Waals surface area contributed by atoms with Gasteiger partial charge >= 0.3 is 6.03 Å². The van der Waals surface area contributed by atoms with Crippen LogP contribution in [0.5, 0.6) is 0 Å². The number of hydrogen-bond donors (Lipinski definition) is 2. The summed E-state index contributed by atoms with van der Waals surface area (Å²) < 4.78 is 13.0. The van der Waals surface area contributed by atoms with Gasteiger partial charge in [-0.2, -0.15) is 0 Å². The first-order chi connectivity index (χ1) is 12.7.